The summed E-state index contributed by atoms with van der Waals surface area (Å²) in [6.07, 6.45) is -2.61. The summed E-state index contributed by atoms with van der Waals surface area (Å²) >= 11 is 10.6. The van der Waals surface area contributed by atoms with Crippen molar-refractivity contribution in [2.45, 2.75) is 13.1 Å². The van der Waals surface area contributed by atoms with Crippen LogP contribution in [0.25, 0.3) is 0 Å². The van der Waals surface area contributed by atoms with Crippen LogP contribution in [0.5, 0.6) is 0 Å². The van der Waals surface area contributed by atoms with Gasteiger partial charge in [0.25, 0.3) is 0 Å². The molecule has 0 radical (unpaired) electrons. The number of hydrogen-bond acceptors (Lipinski definition) is 1. The lowest BCUT2D eigenvalue weighted by Crippen LogP contribution is -2.20. The molecule has 0 aromatic heterocycles. The summed E-state index contributed by atoms with van der Waals surface area (Å²) in [5, 5.41) is 2.88. The van der Waals surface area contributed by atoms with Gasteiger partial charge < -0.3 is 5.32 Å². The zero-order chi connectivity index (χ0) is 13.8. The average Bonchev–Trinajstić information content (AvgIpc) is 2.28. The van der Waals surface area contributed by atoms with Gasteiger partial charge in [0.05, 0.1) is 5.56 Å². The van der Waals surface area contributed by atoms with Gasteiger partial charge in [0, 0.05) is 17.1 Å². The maximum atomic E-state index is 12.4. The zero-order valence-corrected chi connectivity index (χ0v) is 11.1. The van der Waals surface area contributed by atoms with Gasteiger partial charge in [-0.2, -0.15) is 13.2 Å². The van der Waals surface area contributed by atoms with E-state index in [2.05, 4.69) is 5.32 Å². The predicted octanol–water partition coefficient (Wildman–Crippen LogP) is 4.11. The van der Waals surface area contributed by atoms with E-state index >= 15 is 0 Å². The summed E-state index contributed by atoms with van der Waals surface area (Å²) in [4.78, 5) is 0.364. The Bertz CT molecular complexity index is 451. The van der Waals surface area contributed by atoms with Crippen molar-refractivity contribution in [1.29, 1.82) is 0 Å². The maximum Gasteiger partial charge on any atom is 0.416 e. The molecule has 18 heavy (non-hydrogen) atoms. The molecule has 1 rings (SSSR count). The van der Waals surface area contributed by atoms with Crippen molar-refractivity contribution in [2.24, 2.45) is 0 Å². The zero-order valence-electron chi connectivity index (χ0n) is 9.51. The number of nitrogens with one attached hydrogen (secondary N) is 1. The summed E-state index contributed by atoms with van der Waals surface area (Å²) in [7, 11) is 0. The van der Waals surface area contributed by atoms with E-state index in [1.165, 1.54) is 12.1 Å². The second kappa shape index (κ2) is 6.20. The van der Waals surface area contributed by atoms with Crippen LogP contribution in [0.4, 0.5) is 13.2 Å². The molecule has 1 aromatic carbocycles. The summed E-state index contributed by atoms with van der Waals surface area (Å²) in [6.45, 7) is 1.78. The first-order valence-electron chi connectivity index (χ1n) is 5.06. The van der Waals surface area contributed by atoms with Crippen molar-refractivity contribution in [1.82, 2.24) is 5.32 Å². The number of benzene rings is 1. The quantitative estimate of drug-likeness (QED) is 0.665. The second-order valence-electron chi connectivity index (χ2n) is 3.57. The molecule has 0 saturated carbocycles. The van der Waals surface area contributed by atoms with Gasteiger partial charge in [-0.1, -0.05) is 30.4 Å². The molecule has 1 N–H and O–H groups in total. The summed E-state index contributed by atoms with van der Waals surface area (Å²) in [6, 6.07) is 4.69. The summed E-state index contributed by atoms with van der Waals surface area (Å²) < 4.78 is 37.1. The molecule has 1 aromatic rings. The van der Waals surface area contributed by atoms with Crippen molar-refractivity contribution in [3.63, 3.8) is 0 Å². The second-order valence-corrected chi connectivity index (χ2v) is 4.29. The SMILES string of the molecule is C/C(=C\CCl)NC(=S)c1ccc(C(F)(F)F)cc1. The molecule has 0 aliphatic heterocycles. The van der Waals surface area contributed by atoms with Crippen molar-refractivity contribution < 1.29 is 13.2 Å². The van der Waals surface area contributed by atoms with Gasteiger partial charge in [-0.3, -0.25) is 0 Å². The molecular weight excluding hydrogens is 283 g/mol. The highest BCUT2D eigenvalue weighted by Gasteiger charge is 2.30. The van der Waals surface area contributed by atoms with E-state index in [0.29, 0.717) is 16.4 Å². The third-order valence-electron chi connectivity index (χ3n) is 2.17. The maximum absolute atomic E-state index is 12.4. The van der Waals surface area contributed by atoms with Crippen molar-refractivity contribution >= 4 is 28.8 Å². The highest BCUT2D eigenvalue weighted by Crippen LogP contribution is 2.29. The fraction of sp³-hybridized carbons (Fsp3) is 0.250. The number of rotatable bonds is 3. The highest BCUT2D eigenvalue weighted by molar-refractivity contribution is 7.80. The van der Waals surface area contributed by atoms with E-state index in [1.807, 2.05) is 0 Å². The first-order chi connectivity index (χ1) is 8.34. The third-order valence-corrected chi connectivity index (χ3v) is 2.66. The molecule has 0 fully saturated rings. The van der Waals surface area contributed by atoms with E-state index in [9.17, 15) is 13.2 Å². The molecule has 0 unspecified atom stereocenters. The number of thiocarbonyl (C=S) groups is 1. The Hall–Kier alpha value is -1.07. The first-order valence-corrected chi connectivity index (χ1v) is 6.00. The van der Waals surface area contributed by atoms with Crippen LogP contribution in [0, 0.1) is 0 Å². The van der Waals surface area contributed by atoms with Crippen LogP contribution in [-0.4, -0.2) is 10.9 Å². The average molecular weight is 294 g/mol. The van der Waals surface area contributed by atoms with Crippen LogP contribution in [0.3, 0.4) is 0 Å². The molecule has 0 bridgehead atoms. The van der Waals surface area contributed by atoms with Gasteiger partial charge in [0.1, 0.15) is 4.99 Å². The van der Waals surface area contributed by atoms with Crippen LogP contribution in [0.1, 0.15) is 18.1 Å². The van der Waals surface area contributed by atoms with E-state index < -0.39 is 11.7 Å². The first kappa shape index (κ1) is 15.0. The van der Waals surface area contributed by atoms with E-state index in [-0.39, 0.29) is 0 Å². The largest absolute Gasteiger partial charge is 0.416 e. The Morgan fingerprint density at radius 1 is 1.33 bits per heavy atom. The number of alkyl halides is 4. The smallest absolute Gasteiger partial charge is 0.350 e. The Morgan fingerprint density at radius 2 is 1.89 bits per heavy atom. The molecule has 0 aliphatic rings. The molecule has 0 atom stereocenters. The lowest BCUT2D eigenvalue weighted by Gasteiger charge is -2.10. The Labute approximate surface area is 114 Å². The van der Waals surface area contributed by atoms with Crippen molar-refractivity contribution in [2.75, 3.05) is 5.88 Å². The Morgan fingerprint density at radius 3 is 2.33 bits per heavy atom. The molecule has 0 amide bonds. The van der Waals surface area contributed by atoms with Gasteiger partial charge in [0.15, 0.2) is 0 Å². The monoisotopic (exact) mass is 293 g/mol. The lowest BCUT2D eigenvalue weighted by molar-refractivity contribution is -0.137. The Balaban J connectivity index is 2.80. The third kappa shape index (κ3) is 4.31. The molecule has 0 saturated heterocycles. The predicted molar refractivity (Wildman–Crippen MR) is 70.8 cm³/mol. The molecule has 0 aliphatic carbocycles. The Kier molecular flexibility index (Phi) is 5.16. The lowest BCUT2D eigenvalue weighted by atomic mass is 10.1. The van der Waals surface area contributed by atoms with Gasteiger partial charge in [0.2, 0.25) is 0 Å². The summed E-state index contributed by atoms with van der Waals surface area (Å²) in [5.74, 6) is 0.342. The number of allylic oxidation sites excluding steroid dienone is 2. The number of hydrogen-bond donors (Lipinski definition) is 1. The molecule has 98 valence electrons. The van der Waals surface area contributed by atoms with Gasteiger partial charge >= 0.3 is 6.18 Å². The minimum Gasteiger partial charge on any atom is -0.350 e. The minimum atomic E-state index is -4.33. The van der Waals surface area contributed by atoms with Crippen molar-refractivity contribution in [3.05, 3.63) is 47.2 Å². The number of halogens is 4. The molecular formula is C12H11ClF3NS. The van der Waals surface area contributed by atoms with Crippen LogP contribution >= 0.6 is 23.8 Å². The van der Waals surface area contributed by atoms with Crippen LogP contribution in [-0.2, 0) is 6.18 Å². The van der Waals surface area contributed by atoms with Crippen LogP contribution in [0.15, 0.2) is 36.0 Å². The van der Waals surface area contributed by atoms with E-state index in [0.717, 1.165) is 17.8 Å². The standard InChI is InChI=1S/C12H11ClF3NS/c1-8(6-7-13)17-11(18)9-2-4-10(5-3-9)12(14,15)16/h2-6H,7H2,1H3,(H,17,18)/b8-6+. The molecule has 0 spiro atoms. The molecule has 6 heteroatoms. The van der Waals surface area contributed by atoms with Crippen molar-refractivity contribution in [3.8, 4) is 0 Å². The van der Waals surface area contributed by atoms with E-state index in [4.69, 9.17) is 23.8 Å². The molecule has 0 heterocycles. The van der Waals surface area contributed by atoms with Crippen LogP contribution < -0.4 is 5.32 Å². The topological polar surface area (TPSA) is 12.0 Å². The molecule has 1 nitrogen and oxygen atoms in total. The van der Waals surface area contributed by atoms with Crippen LogP contribution in [0.2, 0.25) is 0 Å². The normalized spacial score (nSPS) is 12.4. The van der Waals surface area contributed by atoms with E-state index in [1.54, 1.807) is 13.0 Å². The fourth-order valence-electron chi connectivity index (χ4n) is 1.23. The fourth-order valence-corrected chi connectivity index (χ4v) is 1.76. The minimum absolute atomic E-state index is 0.342. The van der Waals surface area contributed by atoms with Gasteiger partial charge in [-0.05, 0) is 19.1 Å². The summed E-state index contributed by atoms with van der Waals surface area (Å²) in [5.41, 5.74) is 0.595. The van der Waals surface area contributed by atoms with Gasteiger partial charge in [-0.15, -0.1) is 11.6 Å². The van der Waals surface area contributed by atoms with Gasteiger partial charge in [-0.25, -0.2) is 0 Å². The highest BCUT2D eigenvalue weighted by atomic mass is 35.5.